The number of thiophene rings is 1. The molecule has 10 heteroatoms. The maximum atomic E-state index is 15.3. The van der Waals surface area contributed by atoms with Gasteiger partial charge in [-0.3, -0.25) is 4.79 Å². The Morgan fingerprint density at radius 3 is 2.63 bits per heavy atom. The number of fused-ring (bicyclic) bond motifs is 1. The lowest BCUT2D eigenvalue weighted by Crippen LogP contribution is -2.46. The summed E-state index contributed by atoms with van der Waals surface area (Å²) in [6.45, 7) is 7.61. The number of anilines is 4. The molecule has 1 amide bonds. The number of nitrogens with zero attached hydrogens (tertiary/aromatic N) is 4. The molecule has 2 N–H and O–H groups in total. The molecule has 0 aliphatic carbocycles. The van der Waals surface area contributed by atoms with Crippen LogP contribution in [0.4, 0.5) is 27.4 Å². The molecule has 6 rings (SSSR count). The SMILES string of the molecule is C=CC(=O)Nc1cccc(Oc2nc(Nc3ccc(N4CCC(N5CCCCC5)CC4)c(F)c3)nc3ccsc23)c1. The second-order valence-corrected chi connectivity index (χ2v) is 11.3. The highest BCUT2D eigenvalue weighted by molar-refractivity contribution is 7.17. The molecule has 8 nitrogen and oxygen atoms in total. The normalized spacial score (nSPS) is 16.5. The zero-order valence-electron chi connectivity index (χ0n) is 22.8. The van der Waals surface area contributed by atoms with Crippen molar-refractivity contribution in [3.05, 3.63) is 72.4 Å². The molecule has 0 unspecified atom stereocenters. The Labute approximate surface area is 242 Å². The van der Waals surface area contributed by atoms with Crippen LogP contribution >= 0.6 is 11.3 Å². The highest BCUT2D eigenvalue weighted by Gasteiger charge is 2.26. The summed E-state index contributed by atoms with van der Waals surface area (Å²) in [6, 6.07) is 14.7. The third kappa shape index (κ3) is 6.34. The summed E-state index contributed by atoms with van der Waals surface area (Å²) < 4.78 is 22.2. The van der Waals surface area contributed by atoms with Crippen LogP contribution in [0.1, 0.15) is 32.1 Å². The van der Waals surface area contributed by atoms with Gasteiger partial charge in [-0.25, -0.2) is 9.37 Å². The number of rotatable bonds is 8. The van der Waals surface area contributed by atoms with Crippen molar-refractivity contribution in [1.82, 2.24) is 14.9 Å². The Morgan fingerprint density at radius 1 is 1.02 bits per heavy atom. The summed E-state index contributed by atoms with van der Waals surface area (Å²) in [5, 5.41) is 7.79. The second-order valence-electron chi connectivity index (χ2n) is 10.4. The van der Waals surface area contributed by atoms with Crippen molar-refractivity contribution in [1.29, 1.82) is 0 Å². The van der Waals surface area contributed by atoms with Gasteiger partial charge in [0.1, 0.15) is 16.3 Å². The third-order valence-electron chi connectivity index (χ3n) is 7.69. The monoisotopic (exact) mass is 572 g/mol. The zero-order valence-corrected chi connectivity index (χ0v) is 23.6. The number of carbonyl (C=O) groups excluding carboxylic acids is 1. The van der Waals surface area contributed by atoms with Gasteiger partial charge in [-0.2, -0.15) is 4.98 Å². The van der Waals surface area contributed by atoms with E-state index >= 15 is 4.39 Å². The quantitative estimate of drug-likeness (QED) is 0.221. The standard InChI is InChI=1S/C31H33FN6O2S/c1-2-28(39)33-21-7-6-8-24(19-21)40-30-29-26(13-18-41-29)35-31(36-30)34-22-9-10-27(25(32)20-22)38-16-11-23(12-17-38)37-14-4-3-5-15-37/h2,6-10,13,18-20,23H,1,3-5,11-12,14-17H2,(H,33,39)(H,34,35,36). The van der Waals surface area contributed by atoms with Crippen molar-refractivity contribution in [2.45, 2.75) is 38.1 Å². The smallest absolute Gasteiger partial charge is 0.247 e. The number of halogens is 1. The highest BCUT2D eigenvalue weighted by atomic mass is 32.1. The average molecular weight is 573 g/mol. The lowest BCUT2D eigenvalue weighted by atomic mass is 9.99. The Hall–Kier alpha value is -4.02. The molecule has 41 heavy (non-hydrogen) atoms. The molecular weight excluding hydrogens is 539 g/mol. The van der Waals surface area contributed by atoms with Crippen LogP contribution in [-0.2, 0) is 4.79 Å². The van der Waals surface area contributed by atoms with E-state index in [1.165, 1.54) is 55.8 Å². The molecule has 4 aromatic rings. The summed E-state index contributed by atoms with van der Waals surface area (Å²) in [4.78, 5) is 25.7. The summed E-state index contributed by atoms with van der Waals surface area (Å²) in [5.41, 5.74) is 2.49. The van der Waals surface area contributed by atoms with Crippen LogP contribution in [-0.4, -0.2) is 53.0 Å². The fourth-order valence-electron chi connectivity index (χ4n) is 5.63. The van der Waals surface area contributed by atoms with Gasteiger partial charge in [0, 0.05) is 36.6 Å². The average Bonchev–Trinajstić information content (AvgIpc) is 3.47. The molecule has 2 aliphatic heterocycles. The Balaban J connectivity index is 1.15. The Bertz CT molecular complexity index is 1540. The number of piperidine rings is 2. The van der Waals surface area contributed by atoms with Gasteiger partial charge in [0.2, 0.25) is 17.7 Å². The Kier molecular flexibility index (Phi) is 8.11. The minimum Gasteiger partial charge on any atom is -0.437 e. The van der Waals surface area contributed by atoms with Crippen LogP contribution in [0.15, 0.2) is 66.6 Å². The molecule has 2 fully saturated rings. The van der Waals surface area contributed by atoms with Crippen molar-refractivity contribution < 1.29 is 13.9 Å². The van der Waals surface area contributed by atoms with Gasteiger partial charge in [0.25, 0.3) is 0 Å². The van der Waals surface area contributed by atoms with Crippen molar-refractivity contribution in [3.8, 4) is 11.6 Å². The predicted octanol–water partition coefficient (Wildman–Crippen LogP) is 6.95. The molecule has 0 radical (unpaired) electrons. The van der Waals surface area contributed by atoms with Gasteiger partial charge >= 0.3 is 0 Å². The number of nitrogens with one attached hydrogen (secondary N) is 2. The van der Waals surface area contributed by atoms with E-state index in [1.807, 2.05) is 23.6 Å². The van der Waals surface area contributed by atoms with E-state index in [9.17, 15) is 4.79 Å². The van der Waals surface area contributed by atoms with E-state index in [-0.39, 0.29) is 11.7 Å². The van der Waals surface area contributed by atoms with Crippen LogP contribution in [0.3, 0.4) is 0 Å². The van der Waals surface area contributed by atoms with E-state index in [1.54, 1.807) is 24.3 Å². The maximum Gasteiger partial charge on any atom is 0.247 e. The zero-order chi connectivity index (χ0) is 28.2. The number of amides is 1. The lowest BCUT2D eigenvalue weighted by molar-refractivity contribution is -0.111. The van der Waals surface area contributed by atoms with Crippen LogP contribution in [0, 0.1) is 5.82 Å². The predicted molar refractivity (Wildman–Crippen MR) is 163 cm³/mol. The van der Waals surface area contributed by atoms with Crippen LogP contribution < -0.4 is 20.3 Å². The molecule has 212 valence electrons. The number of likely N-dealkylation sites (tertiary alicyclic amines) is 1. The first-order chi connectivity index (χ1) is 20.1. The maximum absolute atomic E-state index is 15.3. The molecule has 0 atom stereocenters. The summed E-state index contributed by atoms with van der Waals surface area (Å²) in [6.07, 6.45) is 7.28. The molecule has 2 aromatic heterocycles. The topological polar surface area (TPSA) is 82.6 Å². The minimum atomic E-state index is -0.309. The van der Waals surface area contributed by atoms with Crippen molar-refractivity contribution in [2.24, 2.45) is 0 Å². The van der Waals surface area contributed by atoms with Gasteiger partial charge < -0.3 is 25.2 Å². The van der Waals surface area contributed by atoms with Gasteiger partial charge in [0.15, 0.2) is 0 Å². The Morgan fingerprint density at radius 2 is 1.85 bits per heavy atom. The number of benzene rings is 2. The van der Waals surface area contributed by atoms with E-state index in [4.69, 9.17) is 4.74 Å². The van der Waals surface area contributed by atoms with Gasteiger partial charge in [0.05, 0.1) is 11.2 Å². The van der Waals surface area contributed by atoms with Gasteiger partial charge in [-0.05, 0) is 86.6 Å². The van der Waals surface area contributed by atoms with E-state index in [0.29, 0.717) is 46.2 Å². The molecule has 0 spiro atoms. The number of hydrogen-bond acceptors (Lipinski definition) is 8. The van der Waals surface area contributed by atoms with Crippen LogP contribution in [0.25, 0.3) is 10.2 Å². The second kappa shape index (κ2) is 12.2. The number of carbonyl (C=O) groups is 1. The lowest BCUT2D eigenvalue weighted by Gasteiger charge is -2.41. The fourth-order valence-corrected chi connectivity index (χ4v) is 6.39. The summed E-state index contributed by atoms with van der Waals surface area (Å²) >= 11 is 1.47. The fraction of sp³-hybridized carbons (Fsp3) is 0.323. The molecule has 0 saturated carbocycles. The molecule has 0 bridgehead atoms. The van der Waals surface area contributed by atoms with Gasteiger partial charge in [-0.15, -0.1) is 11.3 Å². The first-order valence-corrected chi connectivity index (χ1v) is 15.0. The summed E-state index contributed by atoms with van der Waals surface area (Å²) in [5.74, 6) is 0.602. The third-order valence-corrected chi connectivity index (χ3v) is 8.58. The largest absolute Gasteiger partial charge is 0.437 e. The molecule has 2 aromatic carbocycles. The number of aromatic nitrogens is 2. The number of ether oxygens (including phenoxy) is 1. The van der Waals surface area contributed by atoms with Crippen LogP contribution in [0.5, 0.6) is 11.6 Å². The summed E-state index contributed by atoms with van der Waals surface area (Å²) in [7, 11) is 0. The molecular formula is C31H33FN6O2S. The minimum absolute atomic E-state index is 0.266. The number of hydrogen-bond donors (Lipinski definition) is 2. The van der Waals surface area contributed by atoms with E-state index < -0.39 is 0 Å². The molecule has 2 aliphatic rings. The van der Waals surface area contributed by atoms with E-state index in [0.717, 1.165) is 30.6 Å². The first kappa shape index (κ1) is 27.2. The first-order valence-electron chi connectivity index (χ1n) is 14.1. The van der Waals surface area contributed by atoms with Gasteiger partial charge in [-0.1, -0.05) is 19.1 Å². The van der Waals surface area contributed by atoms with Crippen LogP contribution in [0.2, 0.25) is 0 Å². The van der Waals surface area contributed by atoms with Crippen molar-refractivity contribution in [2.75, 3.05) is 41.7 Å². The van der Waals surface area contributed by atoms with Crippen molar-refractivity contribution in [3.63, 3.8) is 0 Å². The highest BCUT2D eigenvalue weighted by Crippen LogP contribution is 2.34. The molecule has 4 heterocycles. The van der Waals surface area contributed by atoms with Crippen molar-refractivity contribution >= 4 is 50.5 Å². The molecule has 2 saturated heterocycles. The van der Waals surface area contributed by atoms with E-state index in [2.05, 4.69) is 37.0 Å².